The summed E-state index contributed by atoms with van der Waals surface area (Å²) < 4.78 is 2.43. The maximum absolute atomic E-state index is 5.18. The molecule has 266 valence electrons. The lowest BCUT2D eigenvalue weighted by molar-refractivity contribution is 0.332. The minimum Gasteiger partial charge on any atom is -0.309 e. The van der Waals surface area contributed by atoms with Crippen LogP contribution in [0.4, 0.5) is 0 Å². The number of hydrogen-bond donors (Lipinski definition) is 0. The Kier molecular flexibility index (Phi) is 7.60. The molecular formula is C51H42N4. The second-order valence-corrected chi connectivity index (χ2v) is 16.4. The van der Waals surface area contributed by atoms with Crippen LogP contribution in [-0.2, 0) is 10.8 Å². The molecule has 0 saturated carbocycles. The zero-order chi connectivity index (χ0) is 37.3. The van der Waals surface area contributed by atoms with Crippen molar-refractivity contribution >= 4 is 32.6 Å². The summed E-state index contributed by atoms with van der Waals surface area (Å²) in [6.07, 6.45) is 2.36. The van der Waals surface area contributed by atoms with Gasteiger partial charge < -0.3 is 4.57 Å². The Bertz CT molecular complexity index is 2920. The molecule has 0 bridgehead atoms. The highest BCUT2D eigenvalue weighted by Gasteiger charge is 2.38. The molecule has 0 atom stereocenters. The Balaban J connectivity index is 1.15. The summed E-state index contributed by atoms with van der Waals surface area (Å²) >= 11 is 0. The van der Waals surface area contributed by atoms with Gasteiger partial charge >= 0.3 is 0 Å². The van der Waals surface area contributed by atoms with Crippen molar-refractivity contribution < 1.29 is 0 Å². The van der Waals surface area contributed by atoms with Crippen LogP contribution in [0, 0.1) is 0 Å². The first-order valence-electron chi connectivity index (χ1n) is 19.3. The van der Waals surface area contributed by atoms with E-state index in [1.54, 1.807) is 0 Å². The van der Waals surface area contributed by atoms with Crippen LogP contribution in [0.15, 0.2) is 158 Å². The van der Waals surface area contributed by atoms with Gasteiger partial charge in [0.1, 0.15) is 0 Å². The van der Waals surface area contributed by atoms with E-state index >= 15 is 0 Å². The van der Waals surface area contributed by atoms with Crippen molar-refractivity contribution in [3.05, 3.63) is 169 Å². The van der Waals surface area contributed by atoms with Gasteiger partial charge in [-0.1, -0.05) is 149 Å². The quantitative estimate of drug-likeness (QED) is 0.179. The van der Waals surface area contributed by atoms with Crippen LogP contribution in [0.3, 0.4) is 0 Å². The third-order valence-corrected chi connectivity index (χ3v) is 11.9. The monoisotopic (exact) mass is 710 g/mol. The van der Waals surface area contributed by atoms with E-state index in [1.807, 2.05) is 6.07 Å². The van der Waals surface area contributed by atoms with Gasteiger partial charge in [0.05, 0.1) is 11.0 Å². The average molecular weight is 711 g/mol. The fraction of sp³-hybridized carbons (Fsp3) is 0.157. The highest BCUT2D eigenvalue weighted by atomic mass is 15.0. The highest BCUT2D eigenvalue weighted by molar-refractivity contribution is 6.10. The van der Waals surface area contributed by atoms with Crippen LogP contribution < -0.4 is 0 Å². The van der Waals surface area contributed by atoms with Crippen LogP contribution >= 0.6 is 0 Å². The Morgan fingerprint density at radius 1 is 0.400 bits per heavy atom. The molecule has 1 aliphatic carbocycles. The lowest BCUT2D eigenvalue weighted by Gasteiger charge is -2.42. The van der Waals surface area contributed by atoms with Crippen molar-refractivity contribution in [1.29, 1.82) is 0 Å². The molecule has 2 heterocycles. The Morgan fingerprint density at radius 3 is 1.69 bits per heavy atom. The highest BCUT2D eigenvalue weighted by Crippen LogP contribution is 2.48. The van der Waals surface area contributed by atoms with Crippen molar-refractivity contribution in [2.45, 2.75) is 51.4 Å². The van der Waals surface area contributed by atoms with Crippen LogP contribution in [0.5, 0.6) is 0 Å². The summed E-state index contributed by atoms with van der Waals surface area (Å²) in [5, 5.41) is 4.90. The molecule has 0 aliphatic heterocycles. The van der Waals surface area contributed by atoms with E-state index in [1.165, 1.54) is 56.7 Å². The fourth-order valence-electron chi connectivity index (χ4n) is 8.63. The molecule has 1 aliphatic rings. The van der Waals surface area contributed by atoms with E-state index in [0.717, 1.165) is 33.3 Å². The van der Waals surface area contributed by atoms with E-state index in [9.17, 15) is 0 Å². The lowest BCUT2D eigenvalue weighted by atomic mass is 9.63. The van der Waals surface area contributed by atoms with Gasteiger partial charge in [-0.2, -0.15) is 0 Å². The molecule has 0 unspecified atom stereocenters. The van der Waals surface area contributed by atoms with Gasteiger partial charge in [0, 0.05) is 33.2 Å². The van der Waals surface area contributed by atoms with E-state index in [4.69, 9.17) is 15.0 Å². The molecule has 55 heavy (non-hydrogen) atoms. The number of benzene rings is 7. The van der Waals surface area contributed by atoms with Crippen LogP contribution in [0.25, 0.3) is 83.6 Å². The van der Waals surface area contributed by atoms with Crippen LogP contribution in [-0.4, -0.2) is 19.5 Å². The molecule has 0 saturated heterocycles. The minimum atomic E-state index is 0.0991. The normalized spacial score (nSPS) is 14.7. The molecule has 4 heteroatoms. The first kappa shape index (κ1) is 33.2. The molecule has 0 spiro atoms. The van der Waals surface area contributed by atoms with Crippen molar-refractivity contribution in [2.75, 3.05) is 0 Å². The number of nitrogens with zero attached hydrogens (tertiary/aromatic N) is 4. The molecule has 9 aromatic rings. The standard InChI is InChI=1S/C51H42N4/c1-50(2)27-28-51(3,4)44-32-46-42(31-43(44)50)41-19-10-11-20-45(41)55(46)40-18-12-17-38(30-40)48-52-47(36-24-21-35(22-25-36)33-13-6-5-7-14-33)53-49(54-48)39-26-23-34-15-8-9-16-37(34)29-39/h5-26,29-32H,27-28H2,1-4H3. The fourth-order valence-corrected chi connectivity index (χ4v) is 8.63. The summed E-state index contributed by atoms with van der Waals surface area (Å²) in [5.74, 6) is 1.94. The lowest BCUT2D eigenvalue weighted by Crippen LogP contribution is -2.33. The Morgan fingerprint density at radius 2 is 0.945 bits per heavy atom. The van der Waals surface area contributed by atoms with Crippen molar-refractivity contribution in [2.24, 2.45) is 0 Å². The van der Waals surface area contributed by atoms with Gasteiger partial charge in [0.15, 0.2) is 17.5 Å². The van der Waals surface area contributed by atoms with Crippen molar-refractivity contribution in [1.82, 2.24) is 19.5 Å². The number of hydrogen-bond acceptors (Lipinski definition) is 3. The predicted octanol–water partition coefficient (Wildman–Crippen LogP) is 13.1. The summed E-state index contributed by atoms with van der Waals surface area (Å²) in [6.45, 7) is 9.62. The topological polar surface area (TPSA) is 43.6 Å². The van der Waals surface area contributed by atoms with Crippen molar-refractivity contribution in [3.63, 3.8) is 0 Å². The SMILES string of the molecule is CC1(C)CCC(C)(C)c2cc3c(cc21)c1ccccc1n3-c1cccc(-c2nc(-c3ccc(-c4ccccc4)cc3)nc(-c3ccc4ccccc4c3)n2)c1. The van der Waals surface area contributed by atoms with Gasteiger partial charge in [-0.15, -0.1) is 0 Å². The third kappa shape index (κ3) is 5.72. The second-order valence-electron chi connectivity index (χ2n) is 16.4. The maximum Gasteiger partial charge on any atom is 0.164 e. The van der Waals surface area contributed by atoms with Gasteiger partial charge in [0.2, 0.25) is 0 Å². The summed E-state index contributed by atoms with van der Waals surface area (Å²) in [5.41, 5.74) is 11.8. The van der Waals surface area contributed by atoms with Crippen LogP contribution in [0.2, 0.25) is 0 Å². The van der Waals surface area contributed by atoms with Crippen molar-refractivity contribution in [3.8, 4) is 51.0 Å². The minimum absolute atomic E-state index is 0.0991. The number of rotatable bonds is 5. The first-order valence-corrected chi connectivity index (χ1v) is 19.3. The Hall–Kier alpha value is -6.39. The summed E-state index contributed by atoms with van der Waals surface area (Å²) in [6, 6.07) is 56.3. The second kappa shape index (κ2) is 12.6. The third-order valence-electron chi connectivity index (χ3n) is 11.9. The van der Waals surface area contributed by atoms with E-state index in [-0.39, 0.29) is 10.8 Å². The Labute approximate surface area is 322 Å². The smallest absolute Gasteiger partial charge is 0.164 e. The molecule has 0 radical (unpaired) electrons. The number of aromatic nitrogens is 4. The van der Waals surface area contributed by atoms with Gasteiger partial charge in [-0.25, -0.2) is 15.0 Å². The van der Waals surface area contributed by atoms with Gasteiger partial charge in [0.25, 0.3) is 0 Å². The number of fused-ring (bicyclic) bond motifs is 5. The predicted molar refractivity (Wildman–Crippen MR) is 229 cm³/mol. The zero-order valence-corrected chi connectivity index (χ0v) is 31.7. The maximum atomic E-state index is 5.18. The molecular weight excluding hydrogens is 669 g/mol. The van der Waals surface area contributed by atoms with E-state index < -0.39 is 0 Å². The summed E-state index contributed by atoms with van der Waals surface area (Å²) in [4.78, 5) is 15.5. The molecule has 10 rings (SSSR count). The first-order chi connectivity index (χ1) is 26.7. The average Bonchev–Trinajstić information content (AvgIpc) is 3.56. The zero-order valence-electron chi connectivity index (χ0n) is 31.7. The molecule has 7 aromatic carbocycles. The van der Waals surface area contributed by atoms with E-state index in [0.29, 0.717) is 17.5 Å². The largest absolute Gasteiger partial charge is 0.309 e. The molecule has 0 N–H and O–H groups in total. The molecule has 0 fully saturated rings. The summed E-state index contributed by atoms with van der Waals surface area (Å²) in [7, 11) is 0. The van der Waals surface area contributed by atoms with Gasteiger partial charge in [-0.3, -0.25) is 0 Å². The van der Waals surface area contributed by atoms with Crippen LogP contribution in [0.1, 0.15) is 51.7 Å². The molecule has 4 nitrogen and oxygen atoms in total. The van der Waals surface area contributed by atoms with Gasteiger partial charge in [-0.05, 0) is 93.1 Å². The molecule has 0 amide bonds. The molecule has 2 aromatic heterocycles. The van der Waals surface area contributed by atoms with E-state index in [2.05, 4.69) is 184 Å². The number of para-hydroxylation sites is 1.